The number of fused-ring (bicyclic) bond motifs is 1. The number of imidazole rings is 1. The van der Waals surface area contributed by atoms with Crippen LogP contribution in [0.25, 0.3) is 11.0 Å². The molecule has 158 valence electrons. The fourth-order valence-electron chi connectivity index (χ4n) is 3.80. The van der Waals surface area contributed by atoms with E-state index >= 15 is 0 Å². The van der Waals surface area contributed by atoms with E-state index in [1.54, 1.807) is 9.13 Å². The second-order valence-electron chi connectivity index (χ2n) is 7.26. The largest absolute Gasteiger partial charge is 0.465 e. The number of aromatic nitrogens is 2. The Bertz CT molecular complexity index is 1120. The van der Waals surface area contributed by atoms with Gasteiger partial charge in [0.2, 0.25) is 0 Å². The smallest absolute Gasteiger partial charge is 0.337 e. The van der Waals surface area contributed by atoms with Crippen LogP contribution in [0.5, 0.6) is 0 Å². The summed E-state index contributed by atoms with van der Waals surface area (Å²) < 4.78 is 27.9. The van der Waals surface area contributed by atoms with Crippen molar-refractivity contribution in [3.05, 3.63) is 69.9 Å². The van der Waals surface area contributed by atoms with Gasteiger partial charge in [0.1, 0.15) is 5.82 Å². The number of rotatable bonds is 6. The maximum Gasteiger partial charge on any atom is 0.337 e. The molecule has 0 unspecified atom stereocenters. The van der Waals surface area contributed by atoms with Gasteiger partial charge in [0.25, 0.3) is 0 Å². The van der Waals surface area contributed by atoms with Gasteiger partial charge in [0.15, 0.2) is 0 Å². The molecule has 7 nitrogen and oxygen atoms in total. The van der Waals surface area contributed by atoms with Crippen LogP contribution < -0.4 is 5.69 Å². The normalized spacial score (nSPS) is 14.9. The number of hydrogen-bond acceptors (Lipinski definition) is 5. The highest BCUT2D eigenvalue weighted by Crippen LogP contribution is 2.17. The zero-order valence-corrected chi connectivity index (χ0v) is 16.8. The Hall–Kier alpha value is -2.97. The van der Waals surface area contributed by atoms with Crippen molar-refractivity contribution in [3.63, 3.8) is 0 Å². The summed E-state index contributed by atoms with van der Waals surface area (Å²) >= 11 is 0. The Balaban J connectivity index is 1.64. The molecule has 2 heterocycles. The molecule has 0 atom stereocenters. The average molecular weight is 413 g/mol. The molecule has 1 aliphatic heterocycles. The first-order chi connectivity index (χ1) is 14.6. The van der Waals surface area contributed by atoms with Crippen molar-refractivity contribution in [2.75, 3.05) is 40.0 Å². The summed E-state index contributed by atoms with van der Waals surface area (Å²) in [4.78, 5) is 27.1. The summed E-state index contributed by atoms with van der Waals surface area (Å²) in [6.07, 6.45) is 0. The van der Waals surface area contributed by atoms with Crippen molar-refractivity contribution in [1.29, 1.82) is 0 Å². The van der Waals surface area contributed by atoms with Gasteiger partial charge in [0.05, 0.1) is 43.5 Å². The summed E-state index contributed by atoms with van der Waals surface area (Å²) in [6.45, 7) is 4.50. The number of hydrogen-bond donors (Lipinski definition) is 0. The molecule has 30 heavy (non-hydrogen) atoms. The van der Waals surface area contributed by atoms with Crippen LogP contribution in [-0.4, -0.2) is 60.0 Å². The van der Waals surface area contributed by atoms with Gasteiger partial charge in [0, 0.05) is 31.7 Å². The molecule has 0 radical (unpaired) electrons. The molecular weight excluding hydrogens is 389 g/mol. The van der Waals surface area contributed by atoms with Crippen LogP contribution in [0.2, 0.25) is 0 Å². The summed E-state index contributed by atoms with van der Waals surface area (Å²) in [7, 11) is 1.25. The van der Waals surface area contributed by atoms with Gasteiger partial charge >= 0.3 is 11.7 Å². The molecule has 3 aromatic rings. The van der Waals surface area contributed by atoms with Gasteiger partial charge in [-0.05, 0) is 24.3 Å². The third kappa shape index (κ3) is 4.01. The predicted octanol–water partition coefficient (Wildman–Crippen LogP) is 2.11. The Labute approximate surface area is 173 Å². The predicted molar refractivity (Wildman–Crippen MR) is 110 cm³/mol. The Morgan fingerprint density at radius 3 is 2.43 bits per heavy atom. The molecule has 1 fully saturated rings. The zero-order chi connectivity index (χ0) is 21.1. The molecule has 0 N–H and O–H groups in total. The van der Waals surface area contributed by atoms with E-state index in [-0.39, 0.29) is 17.8 Å². The van der Waals surface area contributed by atoms with E-state index in [1.807, 2.05) is 24.3 Å². The van der Waals surface area contributed by atoms with Crippen molar-refractivity contribution in [2.24, 2.45) is 0 Å². The van der Waals surface area contributed by atoms with Crippen molar-refractivity contribution < 1.29 is 18.7 Å². The molecule has 0 aliphatic carbocycles. The molecule has 8 heteroatoms. The zero-order valence-electron chi connectivity index (χ0n) is 16.8. The molecule has 4 rings (SSSR count). The van der Waals surface area contributed by atoms with Gasteiger partial charge in [-0.15, -0.1) is 0 Å². The average Bonchev–Trinajstić information content (AvgIpc) is 3.04. The minimum absolute atomic E-state index is 0.0805. The van der Waals surface area contributed by atoms with Gasteiger partial charge in [-0.3, -0.25) is 14.0 Å². The molecule has 0 amide bonds. The van der Waals surface area contributed by atoms with E-state index in [4.69, 9.17) is 4.74 Å². The van der Waals surface area contributed by atoms with Gasteiger partial charge < -0.3 is 9.47 Å². The number of para-hydroxylation sites is 2. The van der Waals surface area contributed by atoms with Crippen molar-refractivity contribution in [1.82, 2.24) is 14.0 Å². The number of esters is 1. The first kappa shape index (κ1) is 20.3. The Morgan fingerprint density at radius 2 is 1.77 bits per heavy atom. The van der Waals surface area contributed by atoms with Crippen LogP contribution in [0.1, 0.15) is 15.9 Å². The SMILES string of the molecule is COC(=O)c1ccc(Cn2c(=O)n(CCN3CCOCC3)c3ccccc32)c(F)c1. The minimum Gasteiger partial charge on any atom is -0.465 e. The number of benzene rings is 2. The summed E-state index contributed by atoms with van der Waals surface area (Å²) in [6, 6.07) is 11.7. The van der Waals surface area contributed by atoms with E-state index in [2.05, 4.69) is 9.64 Å². The highest BCUT2D eigenvalue weighted by Gasteiger charge is 2.17. The molecule has 0 spiro atoms. The maximum absolute atomic E-state index is 14.6. The van der Waals surface area contributed by atoms with Gasteiger partial charge in [-0.25, -0.2) is 14.0 Å². The lowest BCUT2D eigenvalue weighted by atomic mass is 10.1. The van der Waals surface area contributed by atoms with Crippen LogP contribution in [0.4, 0.5) is 4.39 Å². The van der Waals surface area contributed by atoms with Gasteiger partial charge in [-0.1, -0.05) is 18.2 Å². The number of methoxy groups -OCH3 is 1. The van der Waals surface area contributed by atoms with Crippen molar-refractivity contribution in [3.8, 4) is 0 Å². The first-order valence-corrected chi connectivity index (χ1v) is 9.93. The lowest BCUT2D eigenvalue weighted by molar-refractivity contribution is 0.0364. The quantitative estimate of drug-likeness (QED) is 0.579. The van der Waals surface area contributed by atoms with Gasteiger partial charge in [-0.2, -0.15) is 0 Å². The summed E-state index contributed by atoms with van der Waals surface area (Å²) in [5.74, 6) is -1.15. The maximum atomic E-state index is 14.6. The van der Waals surface area contributed by atoms with E-state index < -0.39 is 11.8 Å². The Morgan fingerprint density at radius 1 is 1.07 bits per heavy atom. The van der Waals surface area contributed by atoms with E-state index in [0.717, 1.165) is 36.7 Å². The number of morpholine rings is 1. The van der Waals surface area contributed by atoms with Crippen molar-refractivity contribution >= 4 is 17.0 Å². The lowest BCUT2D eigenvalue weighted by Crippen LogP contribution is -2.39. The Kier molecular flexibility index (Phi) is 5.96. The highest BCUT2D eigenvalue weighted by atomic mass is 19.1. The topological polar surface area (TPSA) is 65.7 Å². The van der Waals surface area contributed by atoms with Crippen LogP contribution in [0, 0.1) is 5.82 Å². The summed E-state index contributed by atoms with van der Waals surface area (Å²) in [5.41, 5.74) is 1.86. The molecule has 0 bridgehead atoms. The minimum atomic E-state index is -0.600. The number of halogens is 1. The van der Waals surface area contributed by atoms with Crippen molar-refractivity contribution in [2.45, 2.75) is 13.1 Å². The first-order valence-electron chi connectivity index (χ1n) is 9.93. The highest BCUT2D eigenvalue weighted by molar-refractivity contribution is 5.89. The van der Waals surface area contributed by atoms with Crippen LogP contribution >= 0.6 is 0 Å². The molecule has 1 saturated heterocycles. The van der Waals surface area contributed by atoms with E-state index in [0.29, 0.717) is 25.3 Å². The number of carbonyl (C=O) groups excluding carboxylic acids is 1. The number of carbonyl (C=O) groups is 1. The van der Waals surface area contributed by atoms with Crippen LogP contribution in [0.15, 0.2) is 47.3 Å². The standard InChI is InChI=1S/C22H24FN3O4/c1-29-21(27)16-6-7-17(18(23)14-16)15-26-20-5-3-2-4-19(20)25(22(26)28)9-8-24-10-12-30-13-11-24/h2-7,14H,8-13,15H2,1H3. The molecule has 0 saturated carbocycles. The third-order valence-corrected chi connectivity index (χ3v) is 5.47. The molecule has 2 aromatic carbocycles. The van der Waals surface area contributed by atoms with E-state index in [9.17, 15) is 14.0 Å². The summed E-state index contributed by atoms with van der Waals surface area (Å²) in [5, 5.41) is 0. The fourth-order valence-corrected chi connectivity index (χ4v) is 3.80. The molecular formula is C22H24FN3O4. The number of ether oxygens (including phenoxy) is 2. The van der Waals surface area contributed by atoms with Crippen LogP contribution in [-0.2, 0) is 22.6 Å². The second kappa shape index (κ2) is 8.81. The number of nitrogens with zero attached hydrogens (tertiary/aromatic N) is 3. The molecule has 1 aliphatic rings. The monoisotopic (exact) mass is 413 g/mol. The second-order valence-corrected chi connectivity index (χ2v) is 7.26. The lowest BCUT2D eigenvalue weighted by Gasteiger charge is -2.26. The van der Waals surface area contributed by atoms with E-state index in [1.165, 1.54) is 19.2 Å². The fraction of sp³-hybridized carbons (Fsp3) is 0.364. The van der Waals surface area contributed by atoms with Crippen LogP contribution in [0.3, 0.4) is 0 Å². The third-order valence-electron chi connectivity index (χ3n) is 5.47. The molecule has 1 aromatic heterocycles.